The lowest BCUT2D eigenvalue weighted by atomic mass is 10.2. The van der Waals surface area contributed by atoms with E-state index >= 15 is 0 Å². The van der Waals surface area contributed by atoms with Crippen LogP contribution in [0.4, 0.5) is 0 Å². The maximum Gasteiger partial charge on any atom is 0.274 e. The van der Waals surface area contributed by atoms with Gasteiger partial charge in [0.05, 0.1) is 0 Å². The van der Waals surface area contributed by atoms with E-state index in [1.807, 2.05) is 6.92 Å². The molecule has 1 unspecified atom stereocenters. The predicted octanol–water partition coefficient (Wildman–Crippen LogP) is 1.45. The third kappa shape index (κ3) is 2.35. The number of aryl methyl sites for hydroxylation is 1. The molecule has 2 rings (SSSR count). The van der Waals surface area contributed by atoms with Gasteiger partial charge in [0, 0.05) is 11.4 Å². The van der Waals surface area contributed by atoms with Gasteiger partial charge < -0.3 is 10.6 Å². The molecular weight excluding hydrogens is 274 g/mol. The molecule has 1 aliphatic rings. The molecule has 1 aliphatic heterocycles. The minimum absolute atomic E-state index is 0.240. The molecule has 0 bridgehead atoms. The number of rotatable bonds is 3. The molecule has 5 nitrogen and oxygen atoms in total. The van der Waals surface area contributed by atoms with E-state index < -0.39 is 11.9 Å². The number of carbonyl (C=O) groups excluding carboxylic acids is 2. The number of primary amides is 1. The van der Waals surface area contributed by atoms with Gasteiger partial charge in [-0.15, -0.1) is 11.3 Å². The summed E-state index contributed by atoms with van der Waals surface area (Å²) in [4.78, 5) is 30.1. The van der Waals surface area contributed by atoms with Gasteiger partial charge >= 0.3 is 0 Å². The topological polar surface area (TPSA) is 76.3 Å². The Labute approximate surface area is 114 Å². The van der Waals surface area contributed by atoms with E-state index in [1.165, 1.54) is 16.2 Å². The fourth-order valence-electron chi connectivity index (χ4n) is 2.17. The molecule has 0 spiro atoms. The van der Waals surface area contributed by atoms with Crippen molar-refractivity contribution in [3.05, 3.63) is 15.0 Å². The van der Waals surface area contributed by atoms with E-state index in [0.717, 1.165) is 11.3 Å². The second-order valence-electron chi connectivity index (χ2n) is 4.15. The minimum Gasteiger partial charge on any atom is -0.368 e. The number of nitrogens with two attached hydrogens (primary N) is 1. The number of thiazole rings is 1. The second-order valence-corrected chi connectivity index (χ2v) is 5.82. The monoisotopic (exact) mass is 287 g/mol. The number of amides is 2. The van der Waals surface area contributed by atoms with Crippen LogP contribution in [0.25, 0.3) is 0 Å². The molecule has 1 saturated heterocycles. The van der Waals surface area contributed by atoms with Crippen LogP contribution in [0.5, 0.6) is 0 Å². The van der Waals surface area contributed by atoms with Crippen molar-refractivity contribution in [1.82, 2.24) is 9.88 Å². The first-order valence-electron chi connectivity index (χ1n) is 5.80. The molecule has 0 saturated carbocycles. The number of likely N-dealkylation sites (tertiary alicyclic amines) is 1. The Bertz CT molecular complexity index is 489. The Kier molecular flexibility index (Phi) is 3.87. The normalized spacial score (nSPS) is 19.2. The summed E-state index contributed by atoms with van der Waals surface area (Å²) in [6.45, 7) is 2.49. The summed E-state index contributed by atoms with van der Waals surface area (Å²) in [7, 11) is 0. The molecule has 0 aliphatic carbocycles. The molecule has 7 heteroatoms. The highest BCUT2D eigenvalue weighted by Gasteiger charge is 2.35. The van der Waals surface area contributed by atoms with Crippen molar-refractivity contribution < 1.29 is 9.59 Å². The van der Waals surface area contributed by atoms with Crippen molar-refractivity contribution in [3.8, 4) is 0 Å². The van der Waals surface area contributed by atoms with Crippen molar-refractivity contribution >= 4 is 34.8 Å². The summed E-state index contributed by atoms with van der Waals surface area (Å²) in [5.74, 6) is -0.698. The molecule has 1 fully saturated rings. The number of hydrogen-bond acceptors (Lipinski definition) is 4. The zero-order valence-corrected chi connectivity index (χ0v) is 11.6. The largest absolute Gasteiger partial charge is 0.368 e. The van der Waals surface area contributed by atoms with Gasteiger partial charge in [-0.2, -0.15) is 0 Å². The number of nitrogens with zero attached hydrogens (tertiary/aromatic N) is 2. The predicted molar refractivity (Wildman–Crippen MR) is 69.8 cm³/mol. The first kappa shape index (κ1) is 13.3. The van der Waals surface area contributed by atoms with Gasteiger partial charge in [-0.25, -0.2) is 4.98 Å². The van der Waals surface area contributed by atoms with Crippen LogP contribution in [0, 0.1) is 0 Å². The van der Waals surface area contributed by atoms with E-state index in [9.17, 15) is 9.59 Å². The van der Waals surface area contributed by atoms with E-state index in [4.69, 9.17) is 17.3 Å². The summed E-state index contributed by atoms with van der Waals surface area (Å²) < 4.78 is 0.352. The highest BCUT2D eigenvalue weighted by Crippen LogP contribution is 2.27. The molecule has 18 heavy (non-hydrogen) atoms. The summed E-state index contributed by atoms with van der Waals surface area (Å²) in [6.07, 6.45) is 2.11. The minimum atomic E-state index is -0.511. The lowest BCUT2D eigenvalue weighted by Crippen LogP contribution is -2.44. The van der Waals surface area contributed by atoms with Crippen LogP contribution in [0.1, 0.15) is 35.1 Å². The first-order valence-corrected chi connectivity index (χ1v) is 6.99. The SMILES string of the molecule is CCc1sc(Cl)nc1C(=O)N1CCCC1C(N)=O. The first-order chi connectivity index (χ1) is 8.54. The van der Waals surface area contributed by atoms with Crippen LogP contribution >= 0.6 is 22.9 Å². The van der Waals surface area contributed by atoms with Crippen LogP contribution in [-0.2, 0) is 11.2 Å². The highest BCUT2D eigenvalue weighted by molar-refractivity contribution is 7.16. The zero-order valence-electron chi connectivity index (χ0n) is 9.98. The summed E-state index contributed by atoms with van der Waals surface area (Å²) >= 11 is 7.14. The Hall–Kier alpha value is -1.14. The molecule has 0 aromatic carbocycles. The standard InChI is InChI=1S/C11H14ClN3O2S/c1-2-7-8(14-11(12)18-7)10(17)15-5-3-4-6(15)9(13)16/h6H,2-5H2,1H3,(H2,13,16). The van der Waals surface area contributed by atoms with Crippen molar-refractivity contribution in [2.45, 2.75) is 32.2 Å². The van der Waals surface area contributed by atoms with Gasteiger partial charge in [-0.05, 0) is 19.3 Å². The van der Waals surface area contributed by atoms with E-state index in [0.29, 0.717) is 29.5 Å². The second kappa shape index (κ2) is 5.24. The van der Waals surface area contributed by atoms with Crippen molar-refractivity contribution in [2.75, 3.05) is 6.54 Å². The van der Waals surface area contributed by atoms with Gasteiger partial charge in [0.25, 0.3) is 5.91 Å². The molecule has 2 heterocycles. The number of halogens is 1. The van der Waals surface area contributed by atoms with Gasteiger partial charge in [0.2, 0.25) is 5.91 Å². The third-order valence-electron chi connectivity index (χ3n) is 3.04. The van der Waals surface area contributed by atoms with Crippen LogP contribution in [0.15, 0.2) is 0 Å². The lowest BCUT2D eigenvalue weighted by Gasteiger charge is -2.21. The molecule has 2 N–H and O–H groups in total. The molecule has 1 aromatic rings. The molecule has 1 aromatic heterocycles. The van der Waals surface area contributed by atoms with Gasteiger partial charge in [0.1, 0.15) is 11.7 Å². The quantitative estimate of drug-likeness (QED) is 0.914. The van der Waals surface area contributed by atoms with Crippen LogP contribution in [0.3, 0.4) is 0 Å². The Morgan fingerprint density at radius 3 is 2.94 bits per heavy atom. The molecular formula is C11H14ClN3O2S. The zero-order chi connectivity index (χ0) is 13.3. The maximum absolute atomic E-state index is 12.4. The van der Waals surface area contributed by atoms with E-state index in [2.05, 4.69) is 4.98 Å². The van der Waals surface area contributed by atoms with Crippen molar-refractivity contribution in [1.29, 1.82) is 0 Å². The number of hydrogen-bond donors (Lipinski definition) is 1. The number of aromatic nitrogens is 1. The maximum atomic E-state index is 12.4. The summed E-state index contributed by atoms with van der Waals surface area (Å²) in [6, 6.07) is -0.511. The molecule has 2 amide bonds. The van der Waals surface area contributed by atoms with Crippen molar-refractivity contribution in [2.24, 2.45) is 5.73 Å². The Morgan fingerprint density at radius 2 is 2.33 bits per heavy atom. The van der Waals surface area contributed by atoms with Crippen molar-refractivity contribution in [3.63, 3.8) is 0 Å². The molecule has 1 atom stereocenters. The lowest BCUT2D eigenvalue weighted by molar-refractivity contribution is -0.121. The van der Waals surface area contributed by atoms with Crippen LogP contribution in [-0.4, -0.2) is 34.3 Å². The number of carbonyl (C=O) groups is 2. The average molecular weight is 288 g/mol. The van der Waals surface area contributed by atoms with Crippen LogP contribution in [0.2, 0.25) is 4.47 Å². The summed E-state index contributed by atoms with van der Waals surface area (Å²) in [5, 5.41) is 0. The average Bonchev–Trinajstić information content (AvgIpc) is 2.93. The van der Waals surface area contributed by atoms with Gasteiger partial charge in [-0.1, -0.05) is 18.5 Å². The Morgan fingerprint density at radius 1 is 1.61 bits per heavy atom. The van der Waals surface area contributed by atoms with Crippen LogP contribution < -0.4 is 5.73 Å². The van der Waals surface area contributed by atoms with Gasteiger partial charge in [0.15, 0.2) is 4.47 Å². The smallest absolute Gasteiger partial charge is 0.274 e. The molecule has 0 radical (unpaired) electrons. The third-order valence-corrected chi connectivity index (χ3v) is 4.34. The summed E-state index contributed by atoms with van der Waals surface area (Å²) in [5.41, 5.74) is 5.66. The van der Waals surface area contributed by atoms with E-state index in [-0.39, 0.29) is 5.91 Å². The van der Waals surface area contributed by atoms with E-state index in [1.54, 1.807) is 0 Å². The van der Waals surface area contributed by atoms with Gasteiger partial charge in [-0.3, -0.25) is 9.59 Å². The fourth-order valence-corrected chi connectivity index (χ4v) is 3.25. The Balaban J connectivity index is 2.27. The highest BCUT2D eigenvalue weighted by atomic mass is 35.5. The molecule has 98 valence electrons. The fraction of sp³-hybridized carbons (Fsp3) is 0.545.